The minimum atomic E-state index is -0.141. The Labute approximate surface area is 110 Å². The fourth-order valence-electron chi connectivity index (χ4n) is 3.11. The third kappa shape index (κ3) is 3.04. The molecule has 0 amide bonds. The Bertz CT molecular complexity index is 425. The van der Waals surface area contributed by atoms with Gasteiger partial charge in [0, 0.05) is 6.04 Å². The number of hydrogen-bond donors (Lipinski definition) is 1. The smallest absolute Gasteiger partial charge is 0.146 e. The standard InChI is InChI=1S/C16H24FN/c1-11-5-6-13(17)15(9-11)18-14-7-8-16(3,4)10-12(14)2/h5-6,9,12,14,18H,7-8,10H2,1-4H3. The average Bonchev–Trinajstić information content (AvgIpc) is 2.26. The molecule has 2 heteroatoms. The summed E-state index contributed by atoms with van der Waals surface area (Å²) in [4.78, 5) is 0. The van der Waals surface area contributed by atoms with E-state index in [2.05, 4.69) is 26.1 Å². The van der Waals surface area contributed by atoms with Crippen molar-refractivity contribution in [3.05, 3.63) is 29.6 Å². The lowest BCUT2D eigenvalue weighted by Crippen LogP contribution is -2.37. The number of aryl methyl sites for hydroxylation is 1. The van der Waals surface area contributed by atoms with Gasteiger partial charge in [0.2, 0.25) is 0 Å². The molecular formula is C16H24FN. The second-order valence-corrected chi connectivity index (χ2v) is 6.62. The summed E-state index contributed by atoms with van der Waals surface area (Å²) in [5.41, 5.74) is 2.19. The summed E-state index contributed by atoms with van der Waals surface area (Å²) in [6, 6.07) is 5.67. The fourth-order valence-corrected chi connectivity index (χ4v) is 3.11. The van der Waals surface area contributed by atoms with Gasteiger partial charge in [0.15, 0.2) is 0 Å². The van der Waals surface area contributed by atoms with Gasteiger partial charge < -0.3 is 5.32 Å². The molecule has 1 aromatic carbocycles. The first kappa shape index (κ1) is 13.4. The molecule has 1 saturated carbocycles. The van der Waals surface area contributed by atoms with E-state index >= 15 is 0 Å². The van der Waals surface area contributed by atoms with E-state index in [-0.39, 0.29) is 5.82 Å². The SMILES string of the molecule is Cc1ccc(F)c(NC2CCC(C)(C)CC2C)c1. The largest absolute Gasteiger partial charge is 0.380 e. The lowest BCUT2D eigenvalue weighted by atomic mass is 9.70. The Kier molecular flexibility index (Phi) is 3.65. The molecule has 2 unspecified atom stereocenters. The molecule has 1 aromatic rings. The monoisotopic (exact) mass is 249 g/mol. The Hall–Kier alpha value is -1.05. The molecule has 0 spiro atoms. The molecular weight excluding hydrogens is 225 g/mol. The summed E-state index contributed by atoms with van der Waals surface area (Å²) in [7, 11) is 0. The molecule has 0 aromatic heterocycles. The van der Waals surface area contributed by atoms with Crippen LogP contribution in [-0.2, 0) is 0 Å². The Morgan fingerprint density at radius 2 is 2.06 bits per heavy atom. The molecule has 0 bridgehead atoms. The molecule has 100 valence electrons. The maximum Gasteiger partial charge on any atom is 0.146 e. The molecule has 0 aliphatic heterocycles. The van der Waals surface area contributed by atoms with Gasteiger partial charge in [-0.1, -0.05) is 26.8 Å². The van der Waals surface area contributed by atoms with Crippen LogP contribution in [0.4, 0.5) is 10.1 Å². The van der Waals surface area contributed by atoms with Crippen molar-refractivity contribution in [2.45, 2.75) is 53.0 Å². The van der Waals surface area contributed by atoms with E-state index in [0.717, 1.165) is 12.0 Å². The van der Waals surface area contributed by atoms with Gasteiger partial charge in [-0.3, -0.25) is 0 Å². The second-order valence-electron chi connectivity index (χ2n) is 6.62. The van der Waals surface area contributed by atoms with Gasteiger partial charge in [0.1, 0.15) is 5.82 Å². The molecule has 0 saturated heterocycles. The van der Waals surface area contributed by atoms with Crippen LogP contribution < -0.4 is 5.32 Å². The van der Waals surface area contributed by atoms with Crippen LogP contribution in [0.3, 0.4) is 0 Å². The molecule has 0 heterocycles. The van der Waals surface area contributed by atoms with E-state index in [9.17, 15) is 4.39 Å². The zero-order valence-electron chi connectivity index (χ0n) is 11.9. The summed E-state index contributed by atoms with van der Waals surface area (Å²) in [5.74, 6) is 0.450. The van der Waals surface area contributed by atoms with E-state index in [0.29, 0.717) is 23.1 Å². The molecule has 1 nitrogen and oxygen atoms in total. The average molecular weight is 249 g/mol. The summed E-state index contributed by atoms with van der Waals surface area (Å²) >= 11 is 0. The van der Waals surface area contributed by atoms with Crippen molar-refractivity contribution in [3.8, 4) is 0 Å². The third-order valence-electron chi connectivity index (χ3n) is 4.16. The van der Waals surface area contributed by atoms with Gasteiger partial charge in [-0.15, -0.1) is 0 Å². The van der Waals surface area contributed by atoms with E-state index in [4.69, 9.17) is 0 Å². The number of rotatable bonds is 2. The quantitative estimate of drug-likeness (QED) is 0.796. The molecule has 2 rings (SSSR count). The van der Waals surface area contributed by atoms with E-state index in [1.54, 1.807) is 6.07 Å². The molecule has 1 aliphatic rings. The van der Waals surface area contributed by atoms with E-state index < -0.39 is 0 Å². The predicted molar refractivity (Wildman–Crippen MR) is 75.3 cm³/mol. The number of benzene rings is 1. The van der Waals surface area contributed by atoms with Crippen molar-refractivity contribution in [1.82, 2.24) is 0 Å². The Balaban J connectivity index is 2.08. The highest BCUT2D eigenvalue weighted by atomic mass is 19.1. The van der Waals surface area contributed by atoms with Crippen molar-refractivity contribution in [2.24, 2.45) is 11.3 Å². The van der Waals surface area contributed by atoms with Crippen molar-refractivity contribution in [1.29, 1.82) is 0 Å². The summed E-state index contributed by atoms with van der Waals surface area (Å²) in [6.45, 7) is 8.92. The lowest BCUT2D eigenvalue weighted by molar-refractivity contribution is 0.177. The van der Waals surface area contributed by atoms with Crippen LogP contribution in [0.15, 0.2) is 18.2 Å². The van der Waals surface area contributed by atoms with Crippen LogP contribution in [-0.4, -0.2) is 6.04 Å². The number of halogens is 1. The molecule has 18 heavy (non-hydrogen) atoms. The van der Waals surface area contributed by atoms with Crippen LogP contribution in [0, 0.1) is 24.1 Å². The van der Waals surface area contributed by atoms with Crippen LogP contribution >= 0.6 is 0 Å². The Morgan fingerprint density at radius 3 is 2.72 bits per heavy atom. The summed E-state index contributed by atoms with van der Waals surface area (Å²) in [5, 5.41) is 3.40. The first-order chi connectivity index (χ1) is 8.37. The number of hydrogen-bond acceptors (Lipinski definition) is 1. The first-order valence-corrected chi connectivity index (χ1v) is 6.90. The van der Waals surface area contributed by atoms with Crippen molar-refractivity contribution in [2.75, 3.05) is 5.32 Å². The lowest BCUT2D eigenvalue weighted by Gasteiger charge is -2.40. The Morgan fingerprint density at radius 1 is 1.33 bits per heavy atom. The van der Waals surface area contributed by atoms with Crippen LogP contribution in [0.25, 0.3) is 0 Å². The van der Waals surface area contributed by atoms with Crippen LogP contribution in [0.2, 0.25) is 0 Å². The summed E-state index contributed by atoms with van der Waals surface area (Å²) in [6.07, 6.45) is 3.54. The van der Waals surface area contributed by atoms with Crippen molar-refractivity contribution in [3.63, 3.8) is 0 Å². The van der Waals surface area contributed by atoms with E-state index in [1.165, 1.54) is 12.8 Å². The molecule has 2 atom stereocenters. The van der Waals surface area contributed by atoms with Gasteiger partial charge in [0.25, 0.3) is 0 Å². The molecule has 1 aliphatic carbocycles. The van der Waals surface area contributed by atoms with Crippen molar-refractivity contribution >= 4 is 5.69 Å². The fraction of sp³-hybridized carbons (Fsp3) is 0.625. The molecule has 1 fully saturated rings. The maximum atomic E-state index is 13.7. The van der Waals surface area contributed by atoms with Crippen LogP contribution in [0.5, 0.6) is 0 Å². The topological polar surface area (TPSA) is 12.0 Å². The zero-order chi connectivity index (χ0) is 13.3. The maximum absolute atomic E-state index is 13.7. The van der Waals surface area contributed by atoms with Crippen molar-refractivity contribution < 1.29 is 4.39 Å². The van der Waals surface area contributed by atoms with Gasteiger partial charge in [-0.2, -0.15) is 0 Å². The van der Waals surface area contributed by atoms with Gasteiger partial charge in [-0.25, -0.2) is 4.39 Å². The first-order valence-electron chi connectivity index (χ1n) is 6.90. The predicted octanol–water partition coefficient (Wildman–Crippen LogP) is 4.76. The molecule has 1 N–H and O–H groups in total. The second kappa shape index (κ2) is 4.91. The minimum absolute atomic E-state index is 0.141. The third-order valence-corrected chi connectivity index (χ3v) is 4.16. The molecule has 0 radical (unpaired) electrons. The number of nitrogens with one attached hydrogen (secondary N) is 1. The highest BCUT2D eigenvalue weighted by Gasteiger charge is 2.32. The highest BCUT2D eigenvalue weighted by Crippen LogP contribution is 2.39. The van der Waals surface area contributed by atoms with Gasteiger partial charge >= 0.3 is 0 Å². The normalized spacial score (nSPS) is 26.9. The van der Waals surface area contributed by atoms with E-state index in [1.807, 2.05) is 19.1 Å². The highest BCUT2D eigenvalue weighted by molar-refractivity contribution is 5.48. The summed E-state index contributed by atoms with van der Waals surface area (Å²) < 4.78 is 13.7. The number of anilines is 1. The van der Waals surface area contributed by atoms with Gasteiger partial charge in [0.05, 0.1) is 5.69 Å². The minimum Gasteiger partial charge on any atom is -0.380 e. The van der Waals surface area contributed by atoms with Gasteiger partial charge in [-0.05, 0) is 55.2 Å². The zero-order valence-corrected chi connectivity index (χ0v) is 11.9. The van der Waals surface area contributed by atoms with Crippen LogP contribution in [0.1, 0.15) is 45.6 Å².